The molecule has 0 aliphatic carbocycles. The topological polar surface area (TPSA) is 84.7 Å². The zero-order valence-electron chi connectivity index (χ0n) is 16.8. The Labute approximate surface area is 179 Å². The normalized spacial score (nSPS) is 11.2. The van der Waals surface area contributed by atoms with Gasteiger partial charge in [-0.15, -0.1) is 0 Å². The van der Waals surface area contributed by atoms with Crippen molar-refractivity contribution in [2.45, 2.75) is 32.0 Å². The summed E-state index contributed by atoms with van der Waals surface area (Å²) in [5.74, 6) is 1.26. The minimum absolute atomic E-state index is 0.0394. The summed E-state index contributed by atoms with van der Waals surface area (Å²) < 4.78 is 1.81. The molecule has 9 heteroatoms. The van der Waals surface area contributed by atoms with Crippen LogP contribution in [-0.4, -0.2) is 45.0 Å². The molecule has 3 aromatic rings. The quantitative estimate of drug-likeness (QED) is 0.396. The highest BCUT2D eigenvalue weighted by Gasteiger charge is 2.13. The maximum atomic E-state index is 12.2. The first kappa shape index (κ1) is 21.4. The molecule has 0 spiro atoms. The van der Waals surface area contributed by atoms with Gasteiger partial charge in [-0.1, -0.05) is 49.3 Å². The number of nitrogens with one attached hydrogen (secondary N) is 2. The number of hydrogen-bond donors (Lipinski definition) is 2. The summed E-state index contributed by atoms with van der Waals surface area (Å²) in [7, 11) is 0. The van der Waals surface area contributed by atoms with E-state index in [-0.39, 0.29) is 5.91 Å². The van der Waals surface area contributed by atoms with Crippen LogP contribution in [0.2, 0.25) is 5.02 Å². The summed E-state index contributed by atoms with van der Waals surface area (Å²) >= 11 is 7.37. The SMILES string of the molecule is CSc1nc(NCC(C)C)c2cnn(CCNC(=O)Cc3ccc(Cl)cc3)c2n1. The van der Waals surface area contributed by atoms with Crippen LogP contribution in [0.15, 0.2) is 35.6 Å². The van der Waals surface area contributed by atoms with E-state index in [2.05, 4.69) is 39.5 Å². The maximum absolute atomic E-state index is 12.2. The van der Waals surface area contributed by atoms with Gasteiger partial charge < -0.3 is 10.6 Å². The number of carbonyl (C=O) groups is 1. The van der Waals surface area contributed by atoms with Gasteiger partial charge in [-0.25, -0.2) is 14.6 Å². The highest BCUT2D eigenvalue weighted by molar-refractivity contribution is 7.98. The molecule has 1 aromatic carbocycles. The molecule has 0 atom stereocenters. The second-order valence-electron chi connectivity index (χ2n) is 7.09. The number of aromatic nitrogens is 4. The van der Waals surface area contributed by atoms with Crippen LogP contribution in [0.5, 0.6) is 0 Å². The molecule has 0 fully saturated rings. The van der Waals surface area contributed by atoms with Gasteiger partial charge in [0.25, 0.3) is 0 Å². The van der Waals surface area contributed by atoms with Crippen LogP contribution < -0.4 is 10.6 Å². The number of hydrogen-bond acceptors (Lipinski definition) is 6. The van der Waals surface area contributed by atoms with Crippen molar-refractivity contribution in [2.24, 2.45) is 5.92 Å². The highest BCUT2D eigenvalue weighted by Crippen LogP contribution is 2.23. The van der Waals surface area contributed by atoms with E-state index in [4.69, 9.17) is 11.6 Å². The maximum Gasteiger partial charge on any atom is 0.224 e. The van der Waals surface area contributed by atoms with Crippen LogP contribution in [0.4, 0.5) is 5.82 Å². The lowest BCUT2D eigenvalue weighted by atomic mass is 10.1. The number of thioether (sulfide) groups is 1. The van der Waals surface area contributed by atoms with Crippen molar-refractivity contribution in [2.75, 3.05) is 24.7 Å². The van der Waals surface area contributed by atoms with Crippen LogP contribution in [0.1, 0.15) is 19.4 Å². The minimum Gasteiger partial charge on any atom is -0.369 e. The number of anilines is 1. The first-order chi connectivity index (χ1) is 14.0. The lowest BCUT2D eigenvalue weighted by molar-refractivity contribution is -0.120. The van der Waals surface area contributed by atoms with E-state index in [1.165, 1.54) is 11.8 Å². The molecule has 1 amide bonds. The van der Waals surface area contributed by atoms with E-state index in [9.17, 15) is 4.79 Å². The van der Waals surface area contributed by atoms with E-state index in [1.807, 2.05) is 18.4 Å². The second-order valence-corrected chi connectivity index (χ2v) is 8.30. The molecule has 0 aliphatic rings. The van der Waals surface area contributed by atoms with Crippen LogP contribution in [-0.2, 0) is 17.8 Å². The van der Waals surface area contributed by atoms with Gasteiger partial charge in [-0.3, -0.25) is 4.79 Å². The number of benzene rings is 1. The van der Waals surface area contributed by atoms with E-state index in [0.717, 1.165) is 29.0 Å². The second kappa shape index (κ2) is 9.93. The first-order valence-corrected chi connectivity index (χ1v) is 11.1. The average Bonchev–Trinajstić information content (AvgIpc) is 3.10. The van der Waals surface area contributed by atoms with Gasteiger partial charge in [-0.05, 0) is 29.9 Å². The molecule has 154 valence electrons. The number of fused-ring (bicyclic) bond motifs is 1. The fourth-order valence-electron chi connectivity index (χ4n) is 2.78. The Morgan fingerprint density at radius 3 is 2.69 bits per heavy atom. The van der Waals surface area contributed by atoms with Crippen molar-refractivity contribution in [1.82, 2.24) is 25.1 Å². The van der Waals surface area contributed by atoms with Gasteiger partial charge >= 0.3 is 0 Å². The summed E-state index contributed by atoms with van der Waals surface area (Å²) in [6.07, 6.45) is 4.04. The van der Waals surface area contributed by atoms with Gasteiger partial charge in [0.2, 0.25) is 5.91 Å². The third kappa shape index (κ3) is 5.83. The van der Waals surface area contributed by atoms with Crippen molar-refractivity contribution in [1.29, 1.82) is 0 Å². The van der Waals surface area contributed by atoms with E-state index in [1.54, 1.807) is 23.0 Å². The lowest BCUT2D eigenvalue weighted by Gasteiger charge is -2.11. The van der Waals surface area contributed by atoms with Crippen molar-refractivity contribution >= 4 is 46.1 Å². The summed E-state index contributed by atoms with van der Waals surface area (Å²) in [6, 6.07) is 7.28. The van der Waals surface area contributed by atoms with Crippen LogP contribution in [0.25, 0.3) is 11.0 Å². The Morgan fingerprint density at radius 2 is 2.00 bits per heavy atom. The zero-order valence-corrected chi connectivity index (χ0v) is 18.3. The smallest absolute Gasteiger partial charge is 0.224 e. The molecule has 29 heavy (non-hydrogen) atoms. The molecule has 0 aliphatic heterocycles. The number of nitrogens with zero attached hydrogens (tertiary/aromatic N) is 4. The molecule has 2 N–H and O–H groups in total. The Hall–Kier alpha value is -2.32. The molecule has 2 heterocycles. The van der Waals surface area contributed by atoms with Crippen molar-refractivity contribution in [3.8, 4) is 0 Å². The Bertz CT molecular complexity index is 973. The monoisotopic (exact) mass is 432 g/mol. The molecule has 0 radical (unpaired) electrons. The molecule has 3 rings (SSSR count). The summed E-state index contributed by atoms with van der Waals surface area (Å²) in [4.78, 5) is 21.4. The van der Waals surface area contributed by atoms with Crippen molar-refractivity contribution in [3.63, 3.8) is 0 Å². The largest absolute Gasteiger partial charge is 0.369 e. The van der Waals surface area contributed by atoms with E-state index < -0.39 is 0 Å². The van der Waals surface area contributed by atoms with Gasteiger partial charge in [0.05, 0.1) is 24.5 Å². The van der Waals surface area contributed by atoms with E-state index >= 15 is 0 Å². The van der Waals surface area contributed by atoms with Crippen LogP contribution >= 0.6 is 23.4 Å². The minimum atomic E-state index is -0.0394. The zero-order chi connectivity index (χ0) is 20.8. The number of carbonyl (C=O) groups excluding carboxylic acids is 1. The average molecular weight is 433 g/mol. The third-order valence-electron chi connectivity index (χ3n) is 4.26. The molecule has 0 saturated carbocycles. The molecular weight excluding hydrogens is 408 g/mol. The molecule has 0 saturated heterocycles. The Kier molecular flexibility index (Phi) is 7.33. The fourth-order valence-corrected chi connectivity index (χ4v) is 3.26. The molecular formula is C20H25ClN6OS. The van der Waals surface area contributed by atoms with Crippen LogP contribution in [0, 0.1) is 5.92 Å². The molecule has 0 unspecified atom stereocenters. The summed E-state index contributed by atoms with van der Waals surface area (Å²) in [5, 5.41) is 13.0. The number of amides is 1. The fraction of sp³-hybridized carbons (Fsp3) is 0.400. The third-order valence-corrected chi connectivity index (χ3v) is 5.06. The van der Waals surface area contributed by atoms with Crippen molar-refractivity contribution < 1.29 is 4.79 Å². The van der Waals surface area contributed by atoms with Gasteiger partial charge in [0.15, 0.2) is 10.8 Å². The van der Waals surface area contributed by atoms with E-state index in [0.29, 0.717) is 35.6 Å². The standard InChI is InChI=1S/C20H25ClN6OS/c1-13(2)11-23-18-16-12-24-27(19(16)26-20(25-18)29-3)9-8-22-17(28)10-14-4-6-15(21)7-5-14/h4-7,12-13H,8-11H2,1-3H3,(H,22,28)(H,23,25,26). The van der Waals surface area contributed by atoms with Gasteiger partial charge in [0.1, 0.15) is 5.82 Å². The number of halogens is 1. The molecule has 7 nitrogen and oxygen atoms in total. The Balaban J connectivity index is 1.64. The van der Waals surface area contributed by atoms with Crippen LogP contribution in [0.3, 0.4) is 0 Å². The predicted octanol–water partition coefficient (Wildman–Crippen LogP) is 3.63. The first-order valence-electron chi connectivity index (χ1n) is 9.49. The Morgan fingerprint density at radius 1 is 1.24 bits per heavy atom. The predicted molar refractivity (Wildman–Crippen MR) is 119 cm³/mol. The lowest BCUT2D eigenvalue weighted by Crippen LogP contribution is -2.28. The molecule has 0 bridgehead atoms. The summed E-state index contributed by atoms with van der Waals surface area (Å²) in [6.45, 7) is 6.13. The summed E-state index contributed by atoms with van der Waals surface area (Å²) in [5.41, 5.74) is 1.69. The van der Waals surface area contributed by atoms with Crippen molar-refractivity contribution in [3.05, 3.63) is 41.0 Å². The highest BCUT2D eigenvalue weighted by atomic mass is 35.5. The molecule has 2 aromatic heterocycles. The van der Waals surface area contributed by atoms with Gasteiger partial charge in [-0.2, -0.15) is 5.10 Å². The number of rotatable bonds is 9. The van der Waals surface area contributed by atoms with Gasteiger partial charge in [0, 0.05) is 18.1 Å².